The van der Waals surface area contributed by atoms with E-state index in [4.69, 9.17) is 26.1 Å². The van der Waals surface area contributed by atoms with Crippen LogP contribution in [0.5, 0.6) is 17.2 Å². The van der Waals surface area contributed by atoms with Gasteiger partial charge in [-0.25, -0.2) is 4.98 Å². The predicted octanol–water partition coefficient (Wildman–Crippen LogP) is 6.29. The highest BCUT2D eigenvalue weighted by Crippen LogP contribution is 2.28. The first-order chi connectivity index (χ1) is 17.9. The topological polar surface area (TPSA) is 68.5 Å². The van der Waals surface area contributed by atoms with Gasteiger partial charge in [0, 0.05) is 41.5 Å². The third-order valence-electron chi connectivity index (χ3n) is 6.33. The summed E-state index contributed by atoms with van der Waals surface area (Å²) in [6, 6.07) is 23.6. The number of ether oxygens (including phenoxy) is 2. The first-order valence-corrected chi connectivity index (χ1v) is 13.1. The third kappa shape index (κ3) is 6.52. The molecule has 3 aromatic carbocycles. The molecule has 0 bridgehead atoms. The molecule has 0 aliphatic carbocycles. The van der Waals surface area contributed by atoms with Crippen molar-refractivity contribution in [1.29, 1.82) is 0 Å². The highest BCUT2D eigenvalue weighted by Gasteiger charge is 2.22. The average Bonchev–Trinajstić information content (AvgIpc) is 3.50. The summed E-state index contributed by atoms with van der Waals surface area (Å²) < 4.78 is 14.0. The fourth-order valence-corrected chi connectivity index (χ4v) is 4.57. The number of nitrogens with one attached hydrogen (secondary N) is 1. The van der Waals surface area contributed by atoms with Crippen LogP contribution in [0.15, 0.2) is 79.0 Å². The summed E-state index contributed by atoms with van der Waals surface area (Å²) in [6.45, 7) is 5.58. The molecular weight excluding hydrogens is 486 g/mol. The summed E-state index contributed by atoms with van der Waals surface area (Å²) in [7, 11) is 0. The summed E-state index contributed by atoms with van der Waals surface area (Å²) in [5.74, 6) is 3.80. The van der Waals surface area contributed by atoms with Crippen molar-refractivity contribution < 1.29 is 14.6 Å². The zero-order chi connectivity index (χ0) is 25.8. The Morgan fingerprint density at radius 1 is 0.973 bits per heavy atom. The summed E-state index contributed by atoms with van der Waals surface area (Å²) in [5.41, 5.74) is 2.99. The van der Waals surface area contributed by atoms with Crippen LogP contribution < -0.4 is 14.8 Å². The first kappa shape index (κ1) is 25.3. The zero-order valence-electron chi connectivity index (χ0n) is 21.1. The fraction of sp³-hybridized carbons (Fsp3) is 0.300. The number of β-amino-alcohol motifs (C(OH)–C–C–N with tert-alkyl or cyclic N) is 1. The molecular formula is C30H32ClN3O3. The fourth-order valence-electron chi connectivity index (χ4n) is 4.45. The number of hydrogen-bond donors (Lipinski definition) is 2. The second-order valence-corrected chi connectivity index (χ2v) is 10.3. The van der Waals surface area contributed by atoms with Crippen molar-refractivity contribution in [3.63, 3.8) is 0 Å². The second-order valence-electron chi connectivity index (χ2n) is 9.89. The Balaban J connectivity index is 1.31. The van der Waals surface area contributed by atoms with Gasteiger partial charge in [-0.3, -0.25) is 0 Å². The average molecular weight is 518 g/mol. The summed E-state index contributed by atoms with van der Waals surface area (Å²) in [4.78, 5) is 4.98. The Labute approximate surface area is 222 Å². The minimum Gasteiger partial charge on any atom is -0.492 e. The van der Waals surface area contributed by atoms with Gasteiger partial charge >= 0.3 is 0 Å². The highest BCUT2D eigenvalue weighted by atomic mass is 35.5. The maximum Gasteiger partial charge on any atom is 0.127 e. The van der Waals surface area contributed by atoms with E-state index < -0.39 is 0 Å². The molecule has 2 unspecified atom stereocenters. The molecule has 2 heterocycles. The van der Waals surface area contributed by atoms with Crippen LogP contribution in [0.1, 0.15) is 26.1 Å². The van der Waals surface area contributed by atoms with Crippen molar-refractivity contribution >= 4 is 11.6 Å². The van der Waals surface area contributed by atoms with E-state index in [1.54, 1.807) is 0 Å². The van der Waals surface area contributed by atoms with Crippen LogP contribution in [0, 0.1) is 5.92 Å². The number of rotatable bonds is 9. The number of aromatic nitrogens is 2. The predicted molar refractivity (Wildman–Crippen MR) is 147 cm³/mol. The van der Waals surface area contributed by atoms with E-state index in [1.807, 2.05) is 72.8 Å². The quantitative estimate of drug-likeness (QED) is 0.273. The van der Waals surface area contributed by atoms with Crippen LogP contribution in [-0.2, 0) is 6.42 Å². The van der Waals surface area contributed by atoms with Gasteiger partial charge in [0.1, 0.15) is 29.7 Å². The lowest BCUT2D eigenvalue weighted by atomic mass is 10.1. The molecule has 1 saturated heterocycles. The molecule has 37 heavy (non-hydrogen) atoms. The van der Waals surface area contributed by atoms with Crippen molar-refractivity contribution in [3.8, 4) is 34.2 Å². The van der Waals surface area contributed by atoms with Gasteiger partial charge in [-0.1, -0.05) is 25.4 Å². The summed E-state index contributed by atoms with van der Waals surface area (Å²) >= 11 is 5.97. The van der Waals surface area contributed by atoms with Crippen molar-refractivity contribution in [2.45, 2.75) is 38.8 Å². The molecule has 0 amide bonds. The molecule has 2 N–H and O–H groups in total. The van der Waals surface area contributed by atoms with Gasteiger partial charge in [0.25, 0.3) is 0 Å². The molecule has 4 aromatic rings. The molecule has 1 aliphatic heterocycles. The Kier molecular flexibility index (Phi) is 7.79. The number of imidazole rings is 1. The Morgan fingerprint density at radius 3 is 2.24 bits per heavy atom. The molecule has 1 aromatic heterocycles. The molecule has 0 radical (unpaired) electrons. The number of aliphatic hydroxyl groups excluding tert-OH is 1. The van der Waals surface area contributed by atoms with Crippen LogP contribution >= 0.6 is 11.6 Å². The molecule has 0 saturated carbocycles. The van der Waals surface area contributed by atoms with Crippen LogP contribution in [0.25, 0.3) is 16.9 Å². The maximum absolute atomic E-state index is 9.67. The van der Waals surface area contributed by atoms with E-state index in [2.05, 4.69) is 29.9 Å². The lowest BCUT2D eigenvalue weighted by Gasteiger charge is -2.12. The third-order valence-corrected chi connectivity index (χ3v) is 6.59. The second kappa shape index (κ2) is 11.4. The molecule has 1 fully saturated rings. The van der Waals surface area contributed by atoms with Gasteiger partial charge in [-0.2, -0.15) is 0 Å². The van der Waals surface area contributed by atoms with Crippen molar-refractivity contribution in [2.24, 2.45) is 5.92 Å². The van der Waals surface area contributed by atoms with Gasteiger partial charge in [-0.05, 0) is 85.1 Å². The molecule has 1 aliphatic rings. The SMILES string of the molecule is CC(C)Cc1nc(-c2ccc(OCC3CC(O)CN3)cc2)cn1-c1ccc(Oc2ccc(Cl)cc2)cc1. The molecule has 2 atom stereocenters. The normalized spacial score (nSPS) is 17.3. The summed E-state index contributed by atoms with van der Waals surface area (Å²) in [6.07, 6.45) is 3.40. The molecule has 192 valence electrons. The van der Waals surface area contributed by atoms with Crippen LogP contribution in [0.3, 0.4) is 0 Å². The van der Waals surface area contributed by atoms with Crippen molar-refractivity contribution in [3.05, 3.63) is 89.8 Å². The van der Waals surface area contributed by atoms with Gasteiger partial charge < -0.3 is 24.5 Å². The van der Waals surface area contributed by atoms with E-state index in [-0.39, 0.29) is 12.1 Å². The number of aliphatic hydroxyl groups is 1. The smallest absolute Gasteiger partial charge is 0.127 e. The van der Waals surface area contributed by atoms with Gasteiger partial charge in [0.2, 0.25) is 0 Å². The van der Waals surface area contributed by atoms with E-state index in [9.17, 15) is 5.11 Å². The Morgan fingerprint density at radius 2 is 1.62 bits per heavy atom. The Hall–Kier alpha value is -3.32. The molecule has 6 nitrogen and oxygen atoms in total. The summed E-state index contributed by atoms with van der Waals surface area (Å²) in [5, 5.41) is 13.6. The maximum atomic E-state index is 9.67. The number of hydrogen-bond acceptors (Lipinski definition) is 5. The molecule has 0 spiro atoms. The zero-order valence-corrected chi connectivity index (χ0v) is 21.9. The lowest BCUT2D eigenvalue weighted by Crippen LogP contribution is -2.28. The molecule has 7 heteroatoms. The van der Waals surface area contributed by atoms with Crippen LogP contribution in [0.2, 0.25) is 5.02 Å². The lowest BCUT2D eigenvalue weighted by molar-refractivity contribution is 0.187. The monoisotopic (exact) mass is 517 g/mol. The van der Waals surface area contributed by atoms with Crippen LogP contribution in [-0.4, -0.2) is 40.0 Å². The largest absolute Gasteiger partial charge is 0.492 e. The van der Waals surface area contributed by atoms with E-state index in [1.165, 1.54) is 0 Å². The van der Waals surface area contributed by atoms with Crippen LogP contribution in [0.4, 0.5) is 0 Å². The number of halogens is 1. The highest BCUT2D eigenvalue weighted by molar-refractivity contribution is 6.30. The van der Waals surface area contributed by atoms with Crippen molar-refractivity contribution in [2.75, 3.05) is 13.2 Å². The number of nitrogens with zero attached hydrogens (tertiary/aromatic N) is 2. The first-order valence-electron chi connectivity index (χ1n) is 12.7. The van der Waals surface area contributed by atoms with Gasteiger partial charge in [-0.15, -0.1) is 0 Å². The minimum atomic E-state index is -0.279. The minimum absolute atomic E-state index is 0.187. The Bertz CT molecular complexity index is 1300. The van der Waals surface area contributed by atoms with E-state index in [0.717, 1.165) is 52.9 Å². The van der Waals surface area contributed by atoms with Crippen molar-refractivity contribution in [1.82, 2.24) is 14.9 Å². The standard InChI is InChI=1S/C30H32ClN3O3/c1-20(2)15-30-33-29(21-3-9-26(10-4-21)36-19-23-16-25(35)17-32-23)18-34(30)24-7-13-28(14-8-24)37-27-11-5-22(31)6-12-27/h3-14,18,20,23,25,32,35H,15-17,19H2,1-2H3. The van der Waals surface area contributed by atoms with E-state index in [0.29, 0.717) is 24.1 Å². The van der Waals surface area contributed by atoms with E-state index >= 15 is 0 Å². The van der Waals surface area contributed by atoms with Gasteiger partial charge in [0.05, 0.1) is 11.8 Å². The van der Waals surface area contributed by atoms with Gasteiger partial charge in [0.15, 0.2) is 0 Å². The molecule has 5 rings (SSSR count). The number of benzene rings is 3.